The summed E-state index contributed by atoms with van der Waals surface area (Å²) >= 11 is 0. The average molecular weight is 293 g/mol. The van der Waals surface area contributed by atoms with Gasteiger partial charge in [0.1, 0.15) is 5.75 Å². The highest BCUT2D eigenvalue weighted by molar-refractivity contribution is 5.33. The maximum absolute atomic E-state index is 5.48. The molecule has 0 aliphatic carbocycles. The molecule has 1 aromatic carbocycles. The summed E-state index contributed by atoms with van der Waals surface area (Å²) < 4.78 is 10.8. The van der Waals surface area contributed by atoms with Gasteiger partial charge in [-0.25, -0.2) is 0 Å². The largest absolute Gasteiger partial charge is 0.496 e. The third kappa shape index (κ3) is 6.49. The Morgan fingerprint density at radius 3 is 2.38 bits per heavy atom. The highest BCUT2D eigenvalue weighted by Crippen LogP contribution is 2.24. The van der Waals surface area contributed by atoms with Crippen LogP contribution in [0.4, 0.5) is 0 Å². The van der Waals surface area contributed by atoms with E-state index in [9.17, 15) is 0 Å². The van der Waals surface area contributed by atoms with Crippen molar-refractivity contribution < 1.29 is 9.47 Å². The topological polar surface area (TPSA) is 30.5 Å². The van der Waals surface area contributed by atoms with Gasteiger partial charge in [0.25, 0.3) is 0 Å². The fraction of sp³-hybridized carbons (Fsp3) is 0.667. The van der Waals surface area contributed by atoms with Gasteiger partial charge in [-0.3, -0.25) is 0 Å². The van der Waals surface area contributed by atoms with Crippen molar-refractivity contribution in [1.82, 2.24) is 5.32 Å². The first-order valence-electron chi connectivity index (χ1n) is 7.90. The molecule has 0 spiro atoms. The molecule has 1 N–H and O–H groups in total. The molecule has 1 rings (SSSR count). The van der Waals surface area contributed by atoms with Crippen LogP contribution in [0, 0.1) is 17.8 Å². The molecule has 0 aliphatic heterocycles. The zero-order valence-corrected chi connectivity index (χ0v) is 14.2. The van der Waals surface area contributed by atoms with E-state index < -0.39 is 0 Å². The molecule has 0 radical (unpaired) electrons. The van der Waals surface area contributed by atoms with Gasteiger partial charge in [-0.2, -0.15) is 0 Å². The predicted octanol–water partition coefficient (Wildman–Crippen LogP) is 3.38. The Balaban J connectivity index is 2.71. The van der Waals surface area contributed by atoms with Crippen molar-refractivity contribution >= 4 is 0 Å². The van der Waals surface area contributed by atoms with E-state index in [2.05, 4.69) is 38.2 Å². The minimum absolute atomic E-state index is 0.513. The van der Waals surface area contributed by atoms with E-state index in [1.807, 2.05) is 12.1 Å². The van der Waals surface area contributed by atoms with E-state index in [0.717, 1.165) is 31.9 Å². The van der Waals surface area contributed by atoms with Crippen LogP contribution in [-0.2, 0) is 11.2 Å². The minimum Gasteiger partial charge on any atom is -0.496 e. The second-order valence-corrected chi connectivity index (χ2v) is 6.26. The molecule has 0 aromatic heterocycles. The van der Waals surface area contributed by atoms with Gasteiger partial charge in [0, 0.05) is 13.7 Å². The number of nitrogens with one attached hydrogen (secondary N) is 1. The Bertz CT molecular complexity index is 393. The van der Waals surface area contributed by atoms with Crippen molar-refractivity contribution in [2.24, 2.45) is 17.8 Å². The van der Waals surface area contributed by atoms with Crippen LogP contribution in [0.15, 0.2) is 24.3 Å². The Kier molecular flexibility index (Phi) is 8.40. The van der Waals surface area contributed by atoms with Gasteiger partial charge in [0.2, 0.25) is 0 Å². The summed E-state index contributed by atoms with van der Waals surface area (Å²) in [7, 11) is 3.52. The van der Waals surface area contributed by atoms with E-state index in [1.54, 1.807) is 14.2 Å². The first kappa shape index (κ1) is 18.0. The molecule has 0 saturated carbocycles. The lowest BCUT2D eigenvalue weighted by Gasteiger charge is -2.25. The quantitative estimate of drug-likeness (QED) is 0.717. The highest BCUT2D eigenvalue weighted by atomic mass is 16.5. The smallest absolute Gasteiger partial charge is 0.122 e. The van der Waals surface area contributed by atoms with Gasteiger partial charge in [0.15, 0.2) is 0 Å². The molecular weight excluding hydrogens is 262 g/mol. The average Bonchev–Trinajstić information content (AvgIpc) is 2.46. The molecule has 1 aromatic rings. The molecule has 0 saturated heterocycles. The summed E-state index contributed by atoms with van der Waals surface area (Å²) in [6.45, 7) is 9.61. The number of ether oxygens (including phenoxy) is 2. The molecule has 120 valence electrons. The van der Waals surface area contributed by atoms with Crippen LogP contribution in [0.3, 0.4) is 0 Å². The van der Waals surface area contributed by atoms with E-state index in [0.29, 0.717) is 17.8 Å². The van der Waals surface area contributed by atoms with Crippen molar-refractivity contribution in [2.45, 2.75) is 27.2 Å². The number of para-hydroxylation sites is 1. The third-order valence-electron chi connectivity index (χ3n) is 3.87. The lowest BCUT2D eigenvalue weighted by Crippen LogP contribution is -2.32. The van der Waals surface area contributed by atoms with Gasteiger partial charge in [-0.1, -0.05) is 39.0 Å². The molecule has 0 bridgehead atoms. The van der Waals surface area contributed by atoms with Crippen molar-refractivity contribution in [3.05, 3.63) is 29.8 Å². The number of hydrogen-bond donors (Lipinski definition) is 1. The van der Waals surface area contributed by atoms with Crippen LogP contribution in [0.2, 0.25) is 0 Å². The first-order valence-corrected chi connectivity index (χ1v) is 7.90. The summed E-state index contributed by atoms with van der Waals surface area (Å²) in [6.07, 6.45) is 1.01. The summed E-state index contributed by atoms with van der Waals surface area (Å²) in [4.78, 5) is 0. The van der Waals surface area contributed by atoms with Crippen LogP contribution in [0.5, 0.6) is 5.75 Å². The minimum atomic E-state index is 0.513. The number of benzene rings is 1. The molecular formula is C18H31NO2. The van der Waals surface area contributed by atoms with E-state index >= 15 is 0 Å². The molecule has 2 unspecified atom stereocenters. The zero-order chi connectivity index (χ0) is 15.7. The SMILES string of the molecule is COCC(C)C(CNCC(C)C)Cc1ccccc1OC. The lowest BCUT2D eigenvalue weighted by molar-refractivity contribution is 0.127. The molecule has 0 heterocycles. The Labute approximate surface area is 130 Å². The van der Waals surface area contributed by atoms with Gasteiger partial charge < -0.3 is 14.8 Å². The van der Waals surface area contributed by atoms with Crippen LogP contribution >= 0.6 is 0 Å². The van der Waals surface area contributed by atoms with Crippen LogP contribution in [0.25, 0.3) is 0 Å². The first-order chi connectivity index (χ1) is 10.1. The monoisotopic (exact) mass is 293 g/mol. The van der Waals surface area contributed by atoms with Crippen molar-refractivity contribution in [2.75, 3.05) is 33.9 Å². The second kappa shape index (κ2) is 9.80. The fourth-order valence-corrected chi connectivity index (χ4v) is 2.58. The number of hydrogen-bond acceptors (Lipinski definition) is 3. The molecule has 0 aliphatic rings. The zero-order valence-electron chi connectivity index (χ0n) is 14.2. The van der Waals surface area contributed by atoms with Crippen LogP contribution in [0.1, 0.15) is 26.3 Å². The van der Waals surface area contributed by atoms with Gasteiger partial charge in [-0.05, 0) is 48.9 Å². The van der Waals surface area contributed by atoms with Crippen molar-refractivity contribution in [3.63, 3.8) is 0 Å². The van der Waals surface area contributed by atoms with E-state index in [1.165, 1.54) is 5.56 Å². The summed E-state index contributed by atoms with van der Waals surface area (Å²) in [5.74, 6) is 2.71. The number of rotatable bonds is 10. The molecule has 2 atom stereocenters. The molecule has 3 heteroatoms. The van der Waals surface area contributed by atoms with Gasteiger partial charge in [-0.15, -0.1) is 0 Å². The predicted molar refractivity (Wildman–Crippen MR) is 88.9 cm³/mol. The van der Waals surface area contributed by atoms with Gasteiger partial charge in [0.05, 0.1) is 7.11 Å². The molecule has 0 fully saturated rings. The van der Waals surface area contributed by atoms with Crippen molar-refractivity contribution in [3.8, 4) is 5.75 Å². The summed E-state index contributed by atoms with van der Waals surface area (Å²) in [5, 5.41) is 3.59. The highest BCUT2D eigenvalue weighted by Gasteiger charge is 2.19. The van der Waals surface area contributed by atoms with E-state index in [4.69, 9.17) is 9.47 Å². The van der Waals surface area contributed by atoms with Crippen LogP contribution < -0.4 is 10.1 Å². The number of methoxy groups -OCH3 is 2. The Hall–Kier alpha value is -1.06. The molecule has 3 nitrogen and oxygen atoms in total. The Morgan fingerprint density at radius 2 is 1.76 bits per heavy atom. The maximum atomic E-state index is 5.48. The molecule has 0 amide bonds. The third-order valence-corrected chi connectivity index (χ3v) is 3.87. The standard InChI is InChI=1S/C18H31NO2/c1-14(2)11-19-12-17(15(3)13-20-4)10-16-8-6-7-9-18(16)21-5/h6-9,14-15,17,19H,10-13H2,1-5H3. The van der Waals surface area contributed by atoms with Crippen LogP contribution in [-0.4, -0.2) is 33.9 Å². The van der Waals surface area contributed by atoms with E-state index in [-0.39, 0.29) is 0 Å². The fourth-order valence-electron chi connectivity index (χ4n) is 2.58. The van der Waals surface area contributed by atoms with Gasteiger partial charge >= 0.3 is 0 Å². The summed E-state index contributed by atoms with van der Waals surface area (Å²) in [6, 6.07) is 8.30. The van der Waals surface area contributed by atoms with Crippen molar-refractivity contribution in [1.29, 1.82) is 0 Å². The normalized spacial score (nSPS) is 14.2. The lowest BCUT2D eigenvalue weighted by atomic mass is 9.88. The Morgan fingerprint density at radius 1 is 1.05 bits per heavy atom. The second-order valence-electron chi connectivity index (χ2n) is 6.26. The summed E-state index contributed by atoms with van der Waals surface area (Å²) in [5.41, 5.74) is 1.28. The maximum Gasteiger partial charge on any atom is 0.122 e. The molecule has 21 heavy (non-hydrogen) atoms.